The summed E-state index contributed by atoms with van der Waals surface area (Å²) in [4.78, 5) is 17.2. The third kappa shape index (κ3) is 3.49. The lowest BCUT2D eigenvalue weighted by molar-refractivity contribution is 0.246. The quantitative estimate of drug-likeness (QED) is 0.688. The van der Waals surface area contributed by atoms with Gasteiger partial charge in [-0.15, -0.1) is 0 Å². The second-order valence-electron chi connectivity index (χ2n) is 7.18. The molecule has 1 saturated carbocycles. The number of aromatic nitrogens is 5. The van der Waals surface area contributed by atoms with E-state index in [1.807, 2.05) is 44.3 Å². The van der Waals surface area contributed by atoms with E-state index >= 15 is 0 Å². The van der Waals surface area contributed by atoms with Crippen LogP contribution in [0.3, 0.4) is 0 Å². The van der Waals surface area contributed by atoms with Crippen LogP contribution in [-0.2, 0) is 13.5 Å². The number of hydrogen-bond acceptors (Lipinski definition) is 4. The summed E-state index contributed by atoms with van der Waals surface area (Å²) in [6.45, 7) is 4.05. The van der Waals surface area contributed by atoms with Gasteiger partial charge in [0, 0.05) is 12.6 Å². The first kappa shape index (κ1) is 18.2. The van der Waals surface area contributed by atoms with Crippen LogP contribution in [0.1, 0.15) is 42.9 Å². The van der Waals surface area contributed by atoms with Crippen molar-refractivity contribution in [2.45, 2.75) is 39.2 Å². The van der Waals surface area contributed by atoms with Crippen LogP contribution >= 0.6 is 0 Å². The first-order chi connectivity index (χ1) is 13.6. The highest BCUT2D eigenvalue weighted by molar-refractivity contribution is 5.90. The van der Waals surface area contributed by atoms with Crippen LogP contribution in [-0.4, -0.2) is 30.6 Å². The Morgan fingerprint density at radius 2 is 2.04 bits per heavy atom. The molecule has 1 fully saturated rings. The molecule has 1 aliphatic rings. The highest BCUT2D eigenvalue weighted by Crippen LogP contribution is 2.40. The van der Waals surface area contributed by atoms with E-state index in [2.05, 4.69) is 32.7 Å². The monoisotopic (exact) mass is 379 g/mol. The molecule has 0 unspecified atom stereocenters. The molecule has 2 N–H and O–H groups in total. The van der Waals surface area contributed by atoms with Crippen molar-refractivity contribution in [2.24, 2.45) is 13.0 Å². The zero-order valence-corrected chi connectivity index (χ0v) is 16.4. The number of benzene rings is 1. The van der Waals surface area contributed by atoms with Gasteiger partial charge >= 0.3 is 6.03 Å². The summed E-state index contributed by atoms with van der Waals surface area (Å²) >= 11 is 0. The molecule has 146 valence electrons. The van der Waals surface area contributed by atoms with Crippen molar-refractivity contribution in [1.29, 1.82) is 0 Å². The Morgan fingerprint density at radius 3 is 2.64 bits per heavy atom. The first-order valence-electron chi connectivity index (χ1n) is 9.63. The van der Waals surface area contributed by atoms with Crippen molar-refractivity contribution in [2.75, 3.05) is 5.32 Å². The van der Waals surface area contributed by atoms with E-state index in [0.717, 1.165) is 42.0 Å². The number of aryl methyl sites for hydroxylation is 2. The number of anilines is 1. The minimum absolute atomic E-state index is 0.147. The second-order valence-corrected chi connectivity index (χ2v) is 7.18. The van der Waals surface area contributed by atoms with Crippen molar-refractivity contribution in [3.05, 3.63) is 53.7 Å². The number of urea groups is 1. The third-order valence-corrected chi connectivity index (χ3v) is 5.19. The molecule has 1 aromatic carbocycles. The lowest BCUT2D eigenvalue weighted by Crippen LogP contribution is -2.35. The number of rotatable bonds is 6. The number of nitrogens with one attached hydrogen (secondary N) is 2. The predicted octanol–water partition coefficient (Wildman–Crippen LogP) is 3.14. The smallest absolute Gasteiger partial charge is 0.321 e. The molecule has 1 aliphatic carbocycles. The number of hydrogen-bond donors (Lipinski definition) is 2. The van der Waals surface area contributed by atoms with E-state index in [1.54, 1.807) is 9.36 Å². The van der Waals surface area contributed by atoms with Crippen LogP contribution in [0.15, 0.2) is 36.7 Å². The average Bonchev–Trinajstić information content (AvgIpc) is 3.39. The van der Waals surface area contributed by atoms with E-state index in [9.17, 15) is 4.79 Å². The highest BCUT2D eigenvalue weighted by atomic mass is 16.2. The number of para-hydroxylation sites is 1. The third-order valence-electron chi connectivity index (χ3n) is 5.19. The summed E-state index contributed by atoms with van der Waals surface area (Å²) in [5.41, 5.74) is 2.85. The summed E-state index contributed by atoms with van der Waals surface area (Å²) in [7, 11) is 1.85. The van der Waals surface area contributed by atoms with Gasteiger partial charge in [-0.25, -0.2) is 14.5 Å². The van der Waals surface area contributed by atoms with E-state index in [-0.39, 0.29) is 12.1 Å². The Hall–Kier alpha value is -3.16. The van der Waals surface area contributed by atoms with Crippen molar-refractivity contribution in [3.63, 3.8) is 0 Å². The Morgan fingerprint density at radius 1 is 1.29 bits per heavy atom. The van der Waals surface area contributed by atoms with E-state index < -0.39 is 0 Å². The molecular formula is C20H25N7O. The van der Waals surface area contributed by atoms with Gasteiger partial charge in [0.2, 0.25) is 0 Å². The average molecular weight is 379 g/mol. The van der Waals surface area contributed by atoms with Gasteiger partial charge < -0.3 is 5.32 Å². The van der Waals surface area contributed by atoms with Crippen LogP contribution in [0.2, 0.25) is 0 Å². The molecule has 0 spiro atoms. The number of carbonyl (C=O) groups excluding carboxylic acids is 1. The number of carbonyl (C=O) groups is 1. The van der Waals surface area contributed by atoms with Crippen LogP contribution in [0.5, 0.6) is 0 Å². The zero-order chi connectivity index (χ0) is 19.7. The molecular weight excluding hydrogens is 354 g/mol. The standard InChI is InChI=1S/C20H25N7O/c1-4-16-13(2)18(27(25-16)15-8-6-5-7-9-15)24-20(28)23-17(14-10-11-14)19-21-12-22-26(19)3/h5-9,12,14,17H,4,10-11H2,1-3H3,(H2,23,24,28)/t17-/m0/s1. The predicted molar refractivity (Wildman–Crippen MR) is 106 cm³/mol. The fraction of sp³-hybridized carbons (Fsp3) is 0.400. The fourth-order valence-corrected chi connectivity index (χ4v) is 3.47. The van der Waals surface area contributed by atoms with Crippen molar-refractivity contribution < 1.29 is 4.79 Å². The van der Waals surface area contributed by atoms with Gasteiger partial charge in [-0.05, 0) is 44.2 Å². The summed E-state index contributed by atoms with van der Waals surface area (Å²) in [5, 5.41) is 14.9. The maximum absolute atomic E-state index is 12.9. The van der Waals surface area contributed by atoms with Gasteiger partial charge in [0.15, 0.2) is 0 Å². The van der Waals surface area contributed by atoms with Gasteiger partial charge in [-0.3, -0.25) is 10.00 Å². The van der Waals surface area contributed by atoms with Gasteiger partial charge in [0.25, 0.3) is 0 Å². The van der Waals surface area contributed by atoms with Crippen LogP contribution in [0.4, 0.5) is 10.6 Å². The van der Waals surface area contributed by atoms with Crippen molar-refractivity contribution in [1.82, 2.24) is 29.9 Å². The zero-order valence-electron chi connectivity index (χ0n) is 16.4. The molecule has 2 heterocycles. The van der Waals surface area contributed by atoms with E-state index in [1.165, 1.54) is 6.33 Å². The molecule has 8 heteroatoms. The minimum atomic E-state index is -0.261. The van der Waals surface area contributed by atoms with Gasteiger partial charge in [0.1, 0.15) is 18.0 Å². The van der Waals surface area contributed by atoms with Crippen LogP contribution < -0.4 is 10.6 Å². The molecule has 0 saturated heterocycles. The van der Waals surface area contributed by atoms with Gasteiger partial charge in [-0.2, -0.15) is 10.2 Å². The largest absolute Gasteiger partial charge is 0.328 e. The normalized spacial score (nSPS) is 14.7. The number of nitrogens with zero attached hydrogens (tertiary/aromatic N) is 5. The molecule has 2 amide bonds. The first-order valence-corrected chi connectivity index (χ1v) is 9.63. The summed E-state index contributed by atoms with van der Waals surface area (Å²) < 4.78 is 3.51. The lowest BCUT2D eigenvalue weighted by atomic mass is 10.1. The Labute approximate surface area is 164 Å². The summed E-state index contributed by atoms with van der Waals surface area (Å²) in [6, 6.07) is 9.41. The van der Waals surface area contributed by atoms with Gasteiger partial charge in [-0.1, -0.05) is 25.1 Å². The molecule has 4 rings (SSSR count). The second kappa shape index (κ2) is 7.46. The topological polar surface area (TPSA) is 89.7 Å². The van der Waals surface area contributed by atoms with E-state index in [4.69, 9.17) is 0 Å². The molecule has 2 aromatic heterocycles. The maximum Gasteiger partial charge on any atom is 0.321 e. The van der Waals surface area contributed by atoms with Crippen LogP contribution in [0, 0.1) is 12.8 Å². The number of amides is 2. The fourth-order valence-electron chi connectivity index (χ4n) is 3.47. The van der Waals surface area contributed by atoms with Crippen molar-refractivity contribution >= 4 is 11.8 Å². The Balaban J connectivity index is 1.59. The van der Waals surface area contributed by atoms with E-state index in [0.29, 0.717) is 11.7 Å². The highest BCUT2D eigenvalue weighted by Gasteiger charge is 2.36. The van der Waals surface area contributed by atoms with Crippen molar-refractivity contribution in [3.8, 4) is 5.69 Å². The lowest BCUT2D eigenvalue weighted by Gasteiger charge is -2.18. The molecule has 0 bridgehead atoms. The maximum atomic E-state index is 12.9. The molecule has 8 nitrogen and oxygen atoms in total. The SMILES string of the molecule is CCc1nn(-c2ccccc2)c(NC(=O)N[C@H](c2ncnn2C)C2CC2)c1C. The molecule has 3 aromatic rings. The molecule has 0 aliphatic heterocycles. The minimum Gasteiger partial charge on any atom is -0.328 e. The van der Waals surface area contributed by atoms with Crippen LogP contribution in [0.25, 0.3) is 5.69 Å². The molecule has 1 atom stereocenters. The van der Waals surface area contributed by atoms with Gasteiger partial charge in [0.05, 0.1) is 17.4 Å². The summed E-state index contributed by atoms with van der Waals surface area (Å²) in [6.07, 6.45) is 4.48. The molecule has 0 radical (unpaired) electrons. The summed E-state index contributed by atoms with van der Waals surface area (Å²) in [5.74, 6) is 1.87. The molecule has 28 heavy (non-hydrogen) atoms. The Kier molecular flexibility index (Phi) is 4.85. The Bertz CT molecular complexity index is 972.